The third kappa shape index (κ3) is 4.72. The van der Waals surface area contributed by atoms with Crippen molar-refractivity contribution in [1.29, 1.82) is 0 Å². The van der Waals surface area contributed by atoms with Crippen LogP contribution in [0.2, 0.25) is 0 Å². The molecule has 31 heavy (non-hydrogen) atoms. The monoisotopic (exact) mass is 442 g/mol. The first-order valence-corrected chi connectivity index (χ1v) is 11.5. The Kier molecular flexibility index (Phi) is 5.46. The summed E-state index contributed by atoms with van der Waals surface area (Å²) in [5, 5.41) is 10.4. The number of nitrogens with one attached hydrogen (secondary N) is 2. The molecule has 2 N–H and O–H groups in total. The molecule has 0 saturated heterocycles. The van der Waals surface area contributed by atoms with Crippen molar-refractivity contribution in [2.24, 2.45) is 0 Å². The molecule has 0 aromatic carbocycles. The van der Waals surface area contributed by atoms with Crippen LogP contribution in [0.25, 0.3) is 11.3 Å². The number of hydrogen-bond acceptors (Lipinski definition) is 8. The second kappa shape index (κ2) is 8.08. The zero-order valence-electron chi connectivity index (χ0n) is 17.3. The van der Waals surface area contributed by atoms with Crippen molar-refractivity contribution in [1.82, 2.24) is 19.7 Å². The lowest BCUT2D eigenvalue weighted by Crippen LogP contribution is -2.16. The molecular formula is C20H22N6O4S. The number of pyridine rings is 2. The van der Waals surface area contributed by atoms with Crippen molar-refractivity contribution < 1.29 is 17.9 Å². The van der Waals surface area contributed by atoms with Gasteiger partial charge in [0.05, 0.1) is 36.8 Å². The Morgan fingerprint density at radius 3 is 2.71 bits per heavy atom. The van der Waals surface area contributed by atoms with Gasteiger partial charge in [0, 0.05) is 31.0 Å². The highest BCUT2D eigenvalue weighted by atomic mass is 32.2. The molecule has 0 bridgehead atoms. The molecule has 3 aromatic heterocycles. The van der Waals surface area contributed by atoms with Gasteiger partial charge in [-0.2, -0.15) is 5.10 Å². The Hall–Kier alpha value is -3.31. The van der Waals surface area contributed by atoms with Gasteiger partial charge in [-0.3, -0.25) is 9.48 Å². The highest BCUT2D eigenvalue weighted by molar-refractivity contribution is 7.90. The lowest BCUT2D eigenvalue weighted by atomic mass is 10.1. The lowest BCUT2D eigenvalue weighted by Gasteiger charge is -2.13. The third-order valence-corrected chi connectivity index (χ3v) is 5.60. The summed E-state index contributed by atoms with van der Waals surface area (Å²) in [7, 11) is -3.48. The highest BCUT2D eigenvalue weighted by Gasteiger charge is 2.18. The van der Waals surface area contributed by atoms with Gasteiger partial charge < -0.3 is 15.4 Å². The zero-order valence-corrected chi connectivity index (χ0v) is 18.2. The number of fused-ring (bicyclic) bond motifs is 1. The molecule has 1 amide bonds. The number of nitrogens with zero attached hydrogens (tertiary/aromatic N) is 4. The SMILES string of the molecule is CC(=O)Nc1cc(Nc2cc(C)cc(S(C)(=O)=O)n2)c(-c2cc3n(n2)CCOC3)cn1. The van der Waals surface area contributed by atoms with Crippen molar-refractivity contribution in [2.75, 3.05) is 23.5 Å². The summed E-state index contributed by atoms with van der Waals surface area (Å²) in [6.07, 6.45) is 2.72. The van der Waals surface area contributed by atoms with Crippen LogP contribution in [-0.4, -0.2) is 46.9 Å². The van der Waals surface area contributed by atoms with E-state index in [4.69, 9.17) is 4.74 Å². The maximum atomic E-state index is 12.0. The second-order valence-corrected chi connectivity index (χ2v) is 9.32. The van der Waals surface area contributed by atoms with Crippen LogP contribution < -0.4 is 10.6 Å². The van der Waals surface area contributed by atoms with E-state index in [2.05, 4.69) is 25.7 Å². The average molecular weight is 443 g/mol. The topological polar surface area (TPSA) is 128 Å². The molecule has 0 aliphatic carbocycles. The summed E-state index contributed by atoms with van der Waals surface area (Å²) in [5.74, 6) is 0.449. The van der Waals surface area contributed by atoms with Gasteiger partial charge in [0.2, 0.25) is 5.91 Å². The molecule has 4 heterocycles. The standard InChI is InChI=1S/C20H22N6O4S/c1-12-6-19(24-20(7-12)31(3,28)29)23-16-9-18(22-13(2)27)21-10-15(16)17-8-14-11-30-5-4-26(14)25-17/h6-10H,4-5,11H2,1-3H3,(H2,21,22,23,24,27). The van der Waals surface area contributed by atoms with E-state index in [0.717, 1.165) is 17.5 Å². The zero-order chi connectivity index (χ0) is 22.2. The largest absolute Gasteiger partial charge is 0.373 e. The smallest absolute Gasteiger partial charge is 0.222 e. The van der Waals surface area contributed by atoms with Gasteiger partial charge in [-0.1, -0.05) is 0 Å². The first-order valence-electron chi connectivity index (χ1n) is 9.57. The molecule has 1 aliphatic heterocycles. The Morgan fingerprint density at radius 2 is 2.00 bits per heavy atom. The number of carbonyl (C=O) groups is 1. The van der Waals surface area contributed by atoms with Gasteiger partial charge >= 0.3 is 0 Å². The molecule has 1 aliphatic rings. The molecule has 0 spiro atoms. The Balaban J connectivity index is 1.79. The van der Waals surface area contributed by atoms with Crippen LogP contribution in [0.3, 0.4) is 0 Å². The van der Waals surface area contributed by atoms with Crippen molar-refractivity contribution in [3.63, 3.8) is 0 Å². The van der Waals surface area contributed by atoms with Gasteiger partial charge in [-0.15, -0.1) is 0 Å². The molecule has 11 heteroatoms. The van der Waals surface area contributed by atoms with Gasteiger partial charge in [0.1, 0.15) is 11.6 Å². The van der Waals surface area contributed by atoms with Gasteiger partial charge in [0.25, 0.3) is 0 Å². The normalized spacial score (nSPS) is 13.5. The van der Waals surface area contributed by atoms with Crippen LogP contribution in [0.4, 0.5) is 17.3 Å². The van der Waals surface area contributed by atoms with Crippen molar-refractivity contribution >= 4 is 33.1 Å². The molecule has 10 nitrogen and oxygen atoms in total. The molecule has 4 rings (SSSR count). The van der Waals surface area contributed by atoms with E-state index in [9.17, 15) is 13.2 Å². The van der Waals surface area contributed by atoms with Crippen molar-refractivity contribution in [2.45, 2.75) is 32.0 Å². The Morgan fingerprint density at radius 1 is 1.19 bits per heavy atom. The van der Waals surface area contributed by atoms with E-state index >= 15 is 0 Å². The molecule has 0 saturated carbocycles. The summed E-state index contributed by atoms with van der Waals surface area (Å²) in [6.45, 7) is 4.92. The van der Waals surface area contributed by atoms with Crippen LogP contribution in [0.5, 0.6) is 0 Å². The first kappa shape index (κ1) is 20.9. The minimum absolute atomic E-state index is 0.0257. The molecule has 0 unspecified atom stereocenters. The minimum Gasteiger partial charge on any atom is -0.373 e. The number of rotatable bonds is 5. The van der Waals surface area contributed by atoms with Crippen LogP contribution in [0.1, 0.15) is 18.2 Å². The molecule has 162 valence electrons. The molecule has 0 radical (unpaired) electrons. The molecule has 0 atom stereocenters. The number of aryl methyl sites for hydroxylation is 1. The number of anilines is 3. The van der Waals surface area contributed by atoms with E-state index in [1.807, 2.05) is 10.7 Å². The fourth-order valence-corrected chi connectivity index (χ4v) is 3.93. The summed E-state index contributed by atoms with van der Waals surface area (Å²) in [6, 6.07) is 6.84. The fourth-order valence-electron chi connectivity index (χ4n) is 3.26. The van der Waals surface area contributed by atoms with Crippen molar-refractivity contribution in [3.8, 4) is 11.3 Å². The predicted octanol–water partition coefficient (Wildman–Crippen LogP) is 2.28. The van der Waals surface area contributed by atoms with Crippen LogP contribution >= 0.6 is 0 Å². The fraction of sp³-hybridized carbons (Fsp3) is 0.300. The van der Waals surface area contributed by atoms with Gasteiger partial charge in [-0.05, 0) is 30.7 Å². The first-order chi connectivity index (χ1) is 14.7. The maximum absolute atomic E-state index is 12.0. The number of hydrogen-bond donors (Lipinski definition) is 2. The van der Waals surface area contributed by atoms with Crippen LogP contribution in [0, 0.1) is 6.92 Å². The quantitative estimate of drug-likeness (QED) is 0.616. The van der Waals surface area contributed by atoms with E-state index < -0.39 is 9.84 Å². The Labute approximate surface area is 179 Å². The summed E-state index contributed by atoms with van der Waals surface area (Å²) >= 11 is 0. The van der Waals surface area contributed by atoms with Gasteiger partial charge in [0.15, 0.2) is 14.9 Å². The van der Waals surface area contributed by atoms with Crippen LogP contribution in [0.15, 0.2) is 35.5 Å². The minimum atomic E-state index is -3.48. The third-order valence-electron chi connectivity index (χ3n) is 4.63. The number of sulfone groups is 1. The Bertz CT molecular complexity index is 1250. The van der Waals surface area contributed by atoms with E-state index in [1.54, 1.807) is 25.3 Å². The predicted molar refractivity (Wildman–Crippen MR) is 115 cm³/mol. The van der Waals surface area contributed by atoms with E-state index in [1.165, 1.54) is 13.0 Å². The second-order valence-electron chi connectivity index (χ2n) is 7.36. The lowest BCUT2D eigenvalue weighted by molar-refractivity contribution is -0.114. The maximum Gasteiger partial charge on any atom is 0.222 e. The molecule has 3 aromatic rings. The molecule has 0 fully saturated rings. The number of aromatic nitrogens is 4. The van der Waals surface area contributed by atoms with E-state index in [0.29, 0.717) is 48.3 Å². The highest BCUT2D eigenvalue weighted by Crippen LogP contribution is 2.32. The van der Waals surface area contributed by atoms with Crippen LogP contribution in [-0.2, 0) is 32.5 Å². The molecular weight excluding hydrogens is 420 g/mol. The van der Waals surface area contributed by atoms with Crippen molar-refractivity contribution in [3.05, 3.63) is 41.7 Å². The number of ether oxygens (including phenoxy) is 1. The van der Waals surface area contributed by atoms with E-state index in [-0.39, 0.29) is 10.9 Å². The summed E-state index contributed by atoms with van der Waals surface area (Å²) in [5.41, 5.74) is 3.63. The number of carbonyl (C=O) groups excluding carboxylic acids is 1. The summed E-state index contributed by atoms with van der Waals surface area (Å²) < 4.78 is 31.4. The van der Waals surface area contributed by atoms with Gasteiger partial charge in [-0.25, -0.2) is 18.4 Å². The average Bonchev–Trinajstić information content (AvgIpc) is 3.10. The summed E-state index contributed by atoms with van der Waals surface area (Å²) in [4.78, 5) is 20.0. The number of amides is 1.